The number of thioether (sulfide) groups is 1. The van der Waals surface area contributed by atoms with Crippen LogP contribution >= 0.6 is 24.0 Å². The van der Waals surface area contributed by atoms with Gasteiger partial charge >= 0.3 is 10.1 Å². The Labute approximate surface area is 148 Å². The van der Waals surface area contributed by atoms with Crippen LogP contribution in [-0.2, 0) is 14.9 Å². The first-order valence-electron chi connectivity index (χ1n) is 6.79. The Morgan fingerprint density at radius 1 is 1.04 bits per heavy atom. The maximum absolute atomic E-state index is 12.4. The minimum atomic E-state index is -3.96. The smallest absolute Gasteiger partial charge is 0.339 e. The van der Waals surface area contributed by atoms with Crippen molar-refractivity contribution in [2.45, 2.75) is 4.90 Å². The molecule has 2 aromatic rings. The van der Waals surface area contributed by atoms with Crippen LogP contribution in [0, 0.1) is 0 Å². The number of para-hydroxylation sites is 1. The van der Waals surface area contributed by atoms with Gasteiger partial charge in [-0.05, 0) is 24.3 Å². The van der Waals surface area contributed by atoms with Gasteiger partial charge in [0, 0.05) is 5.56 Å². The Morgan fingerprint density at radius 3 is 2.38 bits per heavy atom. The molecule has 0 aliphatic carbocycles. The zero-order valence-electron chi connectivity index (χ0n) is 12.1. The van der Waals surface area contributed by atoms with Crippen molar-refractivity contribution in [1.82, 2.24) is 5.32 Å². The monoisotopic (exact) mass is 377 g/mol. The molecule has 0 bridgehead atoms. The molecule has 8 heteroatoms. The second kappa shape index (κ2) is 6.76. The average molecular weight is 377 g/mol. The van der Waals surface area contributed by atoms with Crippen LogP contribution in [0.4, 0.5) is 0 Å². The van der Waals surface area contributed by atoms with Crippen molar-refractivity contribution in [3.05, 3.63) is 65.1 Å². The minimum Gasteiger partial charge on any atom is -0.378 e. The van der Waals surface area contributed by atoms with Gasteiger partial charge in [-0.2, -0.15) is 8.42 Å². The fourth-order valence-corrected chi connectivity index (χ4v) is 4.00. The molecule has 122 valence electrons. The second-order valence-electron chi connectivity index (χ2n) is 4.74. The van der Waals surface area contributed by atoms with Crippen LogP contribution in [0.5, 0.6) is 5.75 Å². The van der Waals surface area contributed by atoms with Gasteiger partial charge in [-0.1, -0.05) is 60.4 Å². The van der Waals surface area contributed by atoms with Crippen molar-refractivity contribution in [1.29, 1.82) is 0 Å². The zero-order chi connectivity index (χ0) is 17.2. The summed E-state index contributed by atoms with van der Waals surface area (Å²) in [5.74, 6) is -0.175. The molecule has 0 saturated carbocycles. The van der Waals surface area contributed by atoms with E-state index in [4.69, 9.17) is 16.4 Å². The average Bonchev–Trinajstić information content (AvgIpc) is 2.87. The summed E-state index contributed by atoms with van der Waals surface area (Å²) in [5, 5.41) is 2.51. The van der Waals surface area contributed by atoms with E-state index in [1.165, 1.54) is 18.2 Å². The van der Waals surface area contributed by atoms with Crippen LogP contribution in [0.15, 0.2) is 64.4 Å². The number of carbonyl (C=O) groups is 1. The SMILES string of the molecule is O=C1NC(=S)SC1=Cc1ccccc1OS(=O)(=O)c1ccccc1. The van der Waals surface area contributed by atoms with Gasteiger partial charge in [0.25, 0.3) is 5.91 Å². The number of benzene rings is 2. The fraction of sp³-hybridized carbons (Fsp3) is 0. The second-order valence-corrected chi connectivity index (χ2v) is 8.01. The van der Waals surface area contributed by atoms with Crippen molar-refractivity contribution in [2.24, 2.45) is 0 Å². The lowest BCUT2D eigenvalue weighted by molar-refractivity contribution is -0.115. The highest BCUT2D eigenvalue weighted by Gasteiger charge is 2.23. The highest BCUT2D eigenvalue weighted by Crippen LogP contribution is 2.30. The summed E-state index contributed by atoms with van der Waals surface area (Å²) >= 11 is 6.06. The molecule has 1 aliphatic heterocycles. The number of hydrogen-bond acceptors (Lipinski definition) is 6. The molecule has 5 nitrogen and oxygen atoms in total. The van der Waals surface area contributed by atoms with E-state index in [9.17, 15) is 13.2 Å². The maximum atomic E-state index is 12.4. The first-order chi connectivity index (χ1) is 11.5. The normalized spacial score (nSPS) is 16.2. The lowest BCUT2D eigenvalue weighted by Crippen LogP contribution is -2.17. The summed E-state index contributed by atoms with van der Waals surface area (Å²) in [6.07, 6.45) is 1.55. The van der Waals surface area contributed by atoms with Gasteiger partial charge in [0.1, 0.15) is 15.0 Å². The summed E-state index contributed by atoms with van der Waals surface area (Å²) in [7, 11) is -3.96. The quantitative estimate of drug-likeness (QED) is 0.502. The van der Waals surface area contributed by atoms with Crippen molar-refractivity contribution < 1.29 is 17.4 Å². The lowest BCUT2D eigenvalue weighted by Gasteiger charge is -2.09. The molecule has 1 aliphatic rings. The van der Waals surface area contributed by atoms with Gasteiger partial charge in [0.05, 0.1) is 4.91 Å². The van der Waals surface area contributed by atoms with Crippen molar-refractivity contribution in [3.63, 3.8) is 0 Å². The van der Waals surface area contributed by atoms with Gasteiger partial charge in [0.2, 0.25) is 0 Å². The summed E-state index contributed by atoms with van der Waals surface area (Å²) in [4.78, 5) is 12.2. The van der Waals surface area contributed by atoms with Gasteiger partial charge in [-0.25, -0.2) is 0 Å². The lowest BCUT2D eigenvalue weighted by atomic mass is 10.2. The molecule has 0 unspecified atom stereocenters. The Kier molecular flexibility index (Phi) is 4.70. The number of amides is 1. The molecule has 0 spiro atoms. The third-order valence-corrected chi connectivity index (χ3v) is 5.49. The molecular weight excluding hydrogens is 366 g/mol. The van der Waals surface area contributed by atoms with E-state index in [0.29, 0.717) is 14.8 Å². The highest BCUT2D eigenvalue weighted by molar-refractivity contribution is 8.26. The van der Waals surface area contributed by atoms with E-state index in [2.05, 4.69) is 5.32 Å². The summed E-state index contributed by atoms with van der Waals surface area (Å²) in [6, 6.07) is 14.4. The molecular formula is C16H11NO4S3. The van der Waals surface area contributed by atoms with Crippen LogP contribution in [0.2, 0.25) is 0 Å². The third-order valence-electron chi connectivity index (χ3n) is 3.08. The molecule has 0 radical (unpaired) electrons. The molecule has 1 fully saturated rings. The molecule has 0 atom stereocenters. The predicted octanol–water partition coefficient (Wildman–Crippen LogP) is 2.94. The maximum Gasteiger partial charge on any atom is 0.339 e. The summed E-state index contributed by atoms with van der Waals surface area (Å²) in [6.45, 7) is 0. The zero-order valence-corrected chi connectivity index (χ0v) is 14.6. The van der Waals surface area contributed by atoms with E-state index in [1.54, 1.807) is 42.5 Å². The number of hydrogen-bond donors (Lipinski definition) is 1. The fourth-order valence-electron chi connectivity index (χ4n) is 1.99. The van der Waals surface area contributed by atoms with Crippen LogP contribution < -0.4 is 9.50 Å². The largest absolute Gasteiger partial charge is 0.378 e. The first kappa shape index (κ1) is 16.7. The van der Waals surface area contributed by atoms with E-state index in [-0.39, 0.29) is 16.6 Å². The Morgan fingerprint density at radius 2 is 1.71 bits per heavy atom. The standard InChI is InChI=1S/C16H11NO4S3/c18-15-14(23-16(22)17-15)10-11-6-4-5-9-13(11)21-24(19,20)12-7-2-1-3-8-12/h1-10H,(H,17,18,22). The highest BCUT2D eigenvalue weighted by atomic mass is 32.2. The first-order valence-corrected chi connectivity index (χ1v) is 9.42. The molecule has 2 aromatic carbocycles. The number of nitrogens with one attached hydrogen (secondary N) is 1. The Balaban J connectivity index is 1.95. The molecule has 1 amide bonds. The molecule has 0 aromatic heterocycles. The number of thiocarbonyl (C=S) groups is 1. The number of rotatable bonds is 4. The van der Waals surface area contributed by atoms with Crippen LogP contribution in [0.3, 0.4) is 0 Å². The van der Waals surface area contributed by atoms with Crippen molar-refractivity contribution >= 4 is 50.4 Å². The topological polar surface area (TPSA) is 72.5 Å². The Bertz CT molecular complexity index is 937. The van der Waals surface area contributed by atoms with E-state index in [0.717, 1.165) is 11.8 Å². The molecule has 3 rings (SSSR count). The van der Waals surface area contributed by atoms with Gasteiger partial charge in [-0.3, -0.25) is 4.79 Å². The molecule has 1 heterocycles. The van der Waals surface area contributed by atoms with E-state index in [1.807, 2.05) is 0 Å². The molecule has 24 heavy (non-hydrogen) atoms. The van der Waals surface area contributed by atoms with Crippen molar-refractivity contribution in [2.75, 3.05) is 0 Å². The molecule has 1 saturated heterocycles. The van der Waals surface area contributed by atoms with Crippen LogP contribution in [0.1, 0.15) is 5.56 Å². The van der Waals surface area contributed by atoms with Crippen LogP contribution in [0.25, 0.3) is 6.08 Å². The summed E-state index contributed by atoms with van der Waals surface area (Å²) in [5.41, 5.74) is 0.472. The van der Waals surface area contributed by atoms with Gasteiger partial charge < -0.3 is 9.50 Å². The number of carbonyl (C=O) groups excluding carboxylic acids is 1. The van der Waals surface area contributed by atoms with Crippen molar-refractivity contribution in [3.8, 4) is 5.75 Å². The van der Waals surface area contributed by atoms with Gasteiger partial charge in [-0.15, -0.1) is 0 Å². The minimum absolute atomic E-state index is 0.0571. The van der Waals surface area contributed by atoms with E-state index >= 15 is 0 Å². The predicted molar refractivity (Wildman–Crippen MR) is 97.0 cm³/mol. The van der Waals surface area contributed by atoms with Crippen LogP contribution in [-0.4, -0.2) is 18.6 Å². The summed E-state index contributed by atoms with van der Waals surface area (Å²) < 4.78 is 30.3. The third kappa shape index (κ3) is 3.66. The molecule has 1 N–H and O–H groups in total. The Hall–Kier alpha value is -2.16. The van der Waals surface area contributed by atoms with E-state index < -0.39 is 10.1 Å². The van der Waals surface area contributed by atoms with Gasteiger partial charge in [0.15, 0.2) is 0 Å².